The van der Waals surface area contributed by atoms with Crippen molar-refractivity contribution in [2.45, 2.75) is 58.8 Å². The molecular weight excluding hydrogens is 338 g/mol. The minimum absolute atomic E-state index is 0.0276. The molecule has 0 unspecified atom stereocenters. The van der Waals surface area contributed by atoms with E-state index in [0.29, 0.717) is 22.4 Å². The predicted molar refractivity (Wildman–Crippen MR) is 99.1 cm³/mol. The van der Waals surface area contributed by atoms with Gasteiger partial charge in [-0.25, -0.2) is 0 Å². The summed E-state index contributed by atoms with van der Waals surface area (Å²) in [5.41, 5.74) is 2.42. The van der Waals surface area contributed by atoms with Crippen LogP contribution in [-0.4, -0.2) is 16.1 Å². The normalized spacial score (nSPS) is 20.7. The van der Waals surface area contributed by atoms with E-state index in [-0.39, 0.29) is 5.91 Å². The Morgan fingerprint density at radius 2 is 2.04 bits per heavy atom. The van der Waals surface area contributed by atoms with E-state index in [0.717, 1.165) is 29.8 Å². The lowest BCUT2D eigenvalue weighted by Gasteiger charge is -2.34. The molecule has 1 amide bonds. The van der Waals surface area contributed by atoms with Gasteiger partial charge in [-0.3, -0.25) is 10.1 Å². The number of nitrogens with zero attached hydrogens (tertiary/aromatic N) is 2. The van der Waals surface area contributed by atoms with E-state index in [1.54, 1.807) is 11.3 Å². The number of aromatic nitrogens is 2. The highest BCUT2D eigenvalue weighted by atomic mass is 32.1. The molecule has 2 aromatic rings. The number of nitrogens with one attached hydrogen (secondary N) is 1. The van der Waals surface area contributed by atoms with Gasteiger partial charge in [-0.1, -0.05) is 32.1 Å². The smallest absolute Gasteiger partial charge is 0.258 e. The van der Waals surface area contributed by atoms with E-state index in [2.05, 4.69) is 36.3 Å². The zero-order chi connectivity index (χ0) is 16.9. The van der Waals surface area contributed by atoms with E-state index < -0.39 is 0 Å². The topological polar surface area (TPSA) is 54.9 Å². The number of fused-ring (bicyclic) bond motifs is 1. The Morgan fingerprint density at radius 1 is 1.25 bits per heavy atom. The quantitative estimate of drug-likeness (QED) is 0.847. The molecule has 2 heterocycles. The molecule has 1 saturated carbocycles. The highest BCUT2D eigenvalue weighted by Gasteiger charge is 2.32. The van der Waals surface area contributed by atoms with Crippen LogP contribution in [0.2, 0.25) is 0 Å². The van der Waals surface area contributed by atoms with Gasteiger partial charge >= 0.3 is 0 Å². The van der Waals surface area contributed by atoms with E-state index in [4.69, 9.17) is 0 Å². The van der Waals surface area contributed by atoms with Gasteiger partial charge in [0.1, 0.15) is 5.01 Å². The fourth-order valence-electron chi connectivity index (χ4n) is 3.39. The van der Waals surface area contributed by atoms with Crippen LogP contribution in [0, 0.1) is 11.3 Å². The lowest BCUT2D eigenvalue weighted by Crippen LogP contribution is -2.27. The van der Waals surface area contributed by atoms with Crippen LogP contribution in [0.4, 0.5) is 5.13 Å². The van der Waals surface area contributed by atoms with Crippen LogP contribution in [0.3, 0.4) is 0 Å². The molecule has 1 N–H and O–H groups in total. The Kier molecular flexibility index (Phi) is 4.00. The van der Waals surface area contributed by atoms with Crippen molar-refractivity contribution in [2.24, 2.45) is 11.3 Å². The SMILES string of the molecule is CC(C)(C)[C@@H]1CCc2c(C(=O)Nc3nnc(C4CC4)s3)csc2C1. The van der Waals surface area contributed by atoms with Crippen LogP contribution in [0.5, 0.6) is 0 Å². The largest absolute Gasteiger partial charge is 0.296 e. The molecule has 1 atom stereocenters. The maximum atomic E-state index is 12.7. The Labute approximate surface area is 150 Å². The van der Waals surface area contributed by atoms with Gasteiger partial charge in [0, 0.05) is 16.2 Å². The fourth-order valence-corrected chi connectivity index (χ4v) is 5.46. The standard InChI is InChI=1S/C18H23N3OS2/c1-18(2,3)11-6-7-12-13(9-23-14(12)8-11)15(22)19-17-21-20-16(24-17)10-4-5-10/h9-11H,4-8H2,1-3H3,(H,19,21,22)/t11-/m1/s1. The molecule has 6 heteroatoms. The first-order valence-corrected chi connectivity index (χ1v) is 10.4. The number of anilines is 1. The third-order valence-corrected chi connectivity index (χ3v) is 7.26. The molecule has 1 fully saturated rings. The van der Waals surface area contributed by atoms with Gasteiger partial charge in [-0.15, -0.1) is 21.5 Å². The Balaban J connectivity index is 1.48. The molecule has 2 aromatic heterocycles. The second kappa shape index (κ2) is 5.92. The molecule has 2 aliphatic carbocycles. The summed E-state index contributed by atoms with van der Waals surface area (Å²) in [6.45, 7) is 6.95. The Bertz CT molecular complexity index is 768. The first-order valence-electron chi connectivity index (χ1n) is 8.66. The van der Waals surface area contributed by atoms with Gasteiger partial charge in [-0.2, -0.15) is 0 Å². The zero-order valence-corrected chi connectivity index (χ0v) is 16.0. The van der Waals surface area contributed by atoms with Crippen molar-refractivity contribution in [3.8, 4) is 0 Å². The summed E-state index contributed by atoms with van der Waals surface area (Å²) >= 11 is 3.26. The second-order valence-electron chi connectivity index (χ2n) is 8.03. The monoisotopic (exact) mass is 361 g/mol. The number of hydrogen-bond donors (Lipinski definition) is 1. The van der Waals surface area contributed by atoms with Gasteiger partial charge < -0.3 is 0 Å². The molecule has 0 saturated heterocycles. The summed E-state index contributed by atoms with van der Waals surface area (Å²) in [5, 5.41) is 15.0. The fraction of sp³-hybridized carbons (Fsp3) is 0.611. The molecule has 0 aromatic carbocycles. The van der Waals surface area contributed by atoms with E-state index in [1.165, 1.54) is 34.6 Å². The molecule has 4 nitrogen and oxygen atoms in total. The maximum Gasteiger partial charge on any atom is 0.258 e. The number of hydrogen-bond acceptors (Lipinski definition) is 5. The number of carbonyl (C=O) groups excluding carboxylic acids is 1. The number of carbonyl (C=O) groups is 1. The van der Waals surface area contributed by atoms with Crippen molar-refractivity contribution in [1.82, 2.24) is 10.2 Å². The Hall–Kier alpha value is -1.27. The number of rotatable bonds is 3. The molecule has 0 radical (unpaired) electrons. The highest BCUT2D eigenvalue weighted by Crippen LogP contribution is 2.43. The van der Waals surface area contributed by atoms with Gasteiger partial charge in [-0.05, 0) is 49.0 Å². The van der Waals surface area contributed by atoms with Crippen LogP contribution in [0.15, 0.2) is 5.38 Å². The number of amides is 1. The minimum Gasteiger partial charge on any atom is -0.296 e. The summed E-state index contributed by atoms with van der Waals surface area (Å²) in [4.78, 5) is 14.0. The third kappa shape index (κ3) is 3.14. The summed E-state index contributed by atoms with van der Waals surface area (Å²) in [7, 11) is 0. The molecule has 128 valence electrons. The molecule has 2 aliphatic rings. The average Bonchev–Trinajstić information content (AvgIpc) is 3.12. The first-order chi connectivity index (χ1) is 11.4. The summed E-state index contributed by atoms with van der Waals surface area (Å²) in [5.74, 6) is 1.25. The molecular formula is C18H23N3OS2. The predicted octanol–water partition coefficient (Wildman–Crippen LogP) is 4.88. The molecule has 24 heavy (non-hydrogen) atoms. The van der Waals surface area contributed by atoms with Gasteiger partial charge in [0.05, 0.1) is 5.56 Å². The minimum atomic E-state index is -0.0276. The average molecular weight is 362 g/mol. The Morgan fingerprint density at radius 3 is 2.75 bits per heavy atom. The molecule has 4 rings (SSSR count). The van der Waals surface area contributed by atoms with Crippen molar-refractivity contribution in [2.75, 3.05) is 5.32 Å². The maximum absolute atomic E-state index is 12.7. The van der Waals surface area contributed by atoms with Gasteiger partial charge in [0.25, 0.3) is 5.91 Å². The summed E-state index contributed by atoms with van der Waals surface area (Å²) in [6, 6.07) is 0. The van der Waals surface area contributed by atoms with Crippen molar-refractivity contribution in [3.05, 3.63) is 26.4 Å². The van der Waals surface area contributed by atoms with E-state index in [1.807, 2.05) is 5.38 Å². The summed E-state index contributed by atoms with van der Waals surface area (Å²) in [6.07, 6.45) is 5.68. The van der Waals surface area contributed by atoms with Crippen molar-refractivity contribution >= 4 is 33.7 Å². The van der Waals surface area contributed by atoms with Crippen LogP contribution >= 0.6 is 22.7 Å². The zero-order valence-electron chi connectivity index (χ0n) is 14.4. The molecule has 0 spiro atoms. The molecule has 0 bridgehead atoms. The van der Waals surface area contributed by atoms with Crippen LogP contribution in [0.25, 0.3) is 0 Å². The van der Waals surface area contributed by atoms with Crippen LogP contribution in [0.1, 0.15) is 71.8 Å². The lowest BCUT2D eigenvalue weighted by atomic mass is 9.72. The first kappa shape index (κ1) is 16.2. The van der Waals surface area contributed by atoms with E-state index in [9.17, 15) is 4.79 Å². The van der Waals surface area contributed by atoms with Crippen molar-refractivity contribution in [1.29, 1.82) is 0 Å². The van der Waals surface area contributed by atoms with Crippen molar-refractivity contribution < 1.29 is 4.79 Å². The third-order valence-electron chi connectivity index (χ3n) is 5.21. The second-order valence-corrected chi connectivity index (χ2v) is 10.0. The van der Waals surface area contributed by atoms with Gasteiger partial charge in [0.15, 0.2) is 0 Å². The van der Waals surface area contributed by atoms with Crippen molar-refractivity contribution in [3.63, 3.8) is 0 Å². The highest BCUT2D eigenvalue weighted by molar-refractivity contribution is 7.15. The van der Waals surface area contributed by atoms with Gasteiger partial charge in [0.2, 0.25) is 5.13 Å². The van der Waals surface area contributed by atoms with Crippen LogP contribution < -0.4 is 5.32 Å². The summed E-state index contributed by atoms with van der Waals surface area (Å²) < 4.78 is 0. The molecule has 0 aliphatic heterocycles. The number of thiophene rings is 1. The lowest BCUT2D eigenvalue weighted by molar-refractivity contribution is 0.102. The van der Waals surface area contributed by atoms with Crippen LogP contribution in [-0.2, 0) is 12.8 Å². The van der Waals surface area contributed by atoms with E-state index >= 15 is 0 Å².